The SMILES string of the molecule is CC1(C)c2cc(-c3ccc4c(c3)c3ccccc3n4-c3cccc4ccccc34)c(-c3nc4ccccc4nc3-c3ccccc3)cc2C(C)(C)C1(C)C. The first kappa shape index (κ1) is 32.6. The molecule has 0 spiro atoms. The van der Waals surface area contributed by atoms with E-state index in [0.717, 1.165) is 33.5 Å². The minimum atomic E-state index is -0.0772. The van der Waals surface area contributed by atoms with E-state index in [1.54, 1.807) is 0 Å². The number of hydrogen-bond donors (Lipinski definition) is 0. The van der Waals surface area contributed by atoms with Gasteiger partial charge in [0.2, 0.25) is 0 Å². The highest BCUT2D eigenvalue weighted by Crippen LogP contribution is 2.63. The van der Waals surface area contributed by atoms with Crippen LogP contribution in [0.4, 0.5) is 0 Å². The van der Waals surface area contributed by atoms with Gasteiger partial charge in [-0.05, 0) is 92.4 Å². The van der Waals surface area contributed by atoms with Crippen molar-refractivity contribution in [3.05, 3.63) is 163 Å². The molecule has 0 atom stereocenters. The van der Waals surface area contributed by atoms with Gasteiger partial charge in [0.05, 0.1) is 39.1 Å². The van der Waals surface area contributed by atoms with E-state index in [-0.39, 0.29) is 16.2 Å². The van der Waals surface area contributed by atoms with Crippen molar-refractivity contribution in [1.29, 1.82) is 0 Å². The molecule has 0 bridgehead atoms. The average molecular weight is 698 g/mol. The lowest BCUT2D eigenvalue weighted by molar-refractivity contribution is 0.125. The summed E-state index contributed by atoms with van der Waals surface area (Å²) in [5.74, 6) is 0. The summed E-state index contributed by atoms with van der Waals surface area (Å²) in [7, 11) is 0. The Labute approximate surface area is 317 Å². The molecule has 0 saturated carbocycles. The molecule has 0 fully saturated rings. The first-order valence-corrected chi connectivity index (χ1v) is 19.1. The van der Waals surface area contributed by atoms with E-state index in [1.165, 1.54) is 60.5 Å². The van der Waals surface area contributed by atoms with Crippen LogP contribution in [0.2, 0.25) is 0 Å². The zero-order valence-electron chi connectivity index (χ0n) is 31.8. The van der Waals surface area contributed by atoms with Crippen molar-refractivity contribution < 1.29 is 0 Å². The van der Waals surface area contributed by atoms with Crippen molar-refractivity contribution in [3.8, 4) is 39.3 Å². The summed E-state index contributed by atoms with van der Waals surface area (Å²) in [6.45, 7) is 14.6. The van der Waals surface area contributed by atoms with E-state index < -0.39 is 0 Å². The number of aromatic nitrogens is 3. The Hall–Kier alpha value is -6.06. The van der Waals surface area contributed by atoms with Crippen LogP contribution in [0.3, 0.4) is 0 Å². The molecule has 3 nitrogen and oxygen atoms in total. The Bertz CT molecular complexity index is 2960. The highest BCUT2D eigenvalue weighted by Gasteiger charge is 2.57. The minimum Gasteiger partial charge on any atom is -0.309 e. The van der Waals surface area contributed by atoms with Crippen LogP contribution in [0.25, 0.3) is 82.9 Å². The summed E-state index contributed by atoms with van der Waals surface area (Å²) in [5.41, 5.74) is 14.4. The fourth-order valence-corrected chi connectivity index (χ4v) is 9.31. The molecule has 54 heavy (non-hydrogen) atoms. The zero-order valence-corrected chi connectivity index (χ0v) is 31.8. The van der Waals surface area contributed by atoms with Crippen molar-refractivity contribution in [2.75, 3.05) is 0 Å². The van der Waals surface area contributed by atoms with E-state index in [0.29, 0.717) is 0 Å². The molecule has 0 radical (unpaired) electrons. The average Bonchev–Trinajstić information content (AvgIpc) is 3.57. The first-order chi connectivity index (χ1) is 26.1. The second-order valence-electron chi connectivity index (χ2n) is 16.7. The molecular formula is C51H43N3. The first-order valence-electron chi connectivity index (χ1n) is 19.1. The van der Waals surface area contributed by atoms with Gasteiger partial charge < -0.3 is 4.57 Å². The topological polar surface area (TPSA) is 30.7 Å². The van der Waals surface area contributed by atoms with Gasteiger partial charge in [0.1, 0.15) is 0 Å². The molecule has 262 valence electrons. The highest BCUT2D eigenvalue weighted by molar-refractivity contribution is 6.12. The van der Waals surface area contributed by atoms with Crippen LogP contribution in [-0.4, -0.2) is 14.5 Å². The van der Waals surface area contributed by atoms with Crippen LogP contribution >= 0.6 is 0 Å². The molecule has 9 aromatic rings. The second kappa shape index (κ2) is 11.5. The van der Waals surface area contributed by atoms with Gasteiger partial charge in [-0.3, -0.25) is 0 Å². The van der Waals surface area contributed by atoms with Crippen LogP contribution in [0.1, 0.15) is 52.7 Å². The maximum Gasteiger partial charge on any atom is 0.0979 e. The van der Waals surface area contributed by atoms with Gasteiger partial charge >= 0.3 is 0 Å². The summed E-state index contributed by atoms with van der Waals surface area (Å²) >= 11 is 0. The predicted molar refractivity (Wildman–Crippen MR) is 228 cm³/mol. The monoisotopic (exact) mass is 697 g/mol. The summed E-state index contributed by atoms with van der Waals surface area (Å²) in [5, 5.41) is 4.95. The van der Waals surface area contributed by atoms with E-state index in [9.17, 15) is 0 Å². The summed E-state index contributed by atoms with van der Waals surface area (Å²) < 4.78 is 2.44. The number of fused-ring (bicyclic) bond motifs is 6. The Morgan fingerprint density at radius 3 is 1.74 bits per heavy atom. The van der Waals surface area contributed by atoms with Crippen LogP contribution in [0, 0.1) is 5.41 Å². The molecule has 0 saturated heterocycles. The molecule has 2 heterocycles. The molecule has 0 amide bonds. The normalized spacial score (nSPS) is 15.7. The number of para-hydroxylation sites is 3. The highest BCUT2D eigenvalue weighted by atomic mass is 15.0. The lowest BCUT2D eigenvalue weighted by Crippen LogP contribution is -2.42. The molecule has 3 heteroatoms. The minimum absolute atomic E-state index is 0.00534. The van der Waals surface area contributed by atoms with Crippen molar-refractivity contribution in [2.45, 2.75) is 52.4 Å². The van der Waals surface area contributed by atoms with Gasteiger partial charge in [-0.15, -0.1) is 0 Å². The number of nitrogens with zero attached hydrogens (tertiary/aromatic N) is 3. The smallest absolute Gasteiger partial charge is 0.0979 e. The van der Waals surface area contributed by atoms with E-state index >= 15 is 0 Å². The maximum absolute atomic E-state index is 5.47. The van der Waals surface area contributed by atoms with Crippen molar-refractivity contribution >= 4 is 43.6 Å². The van der Waals surface area contributed by atoms with Gasteiger partial charge in [0, 0.05) is 27.3 Å². The molecular weight excluding hydrogens is 655 g/mol. The van der Waals surface area contributed by atoms with Gasteiger partial charge in [-0.2, -0.15) is 0 Å². The van der Waals surface area contributed by atoms with Crippen LogP contribution in [-0.2, 0) is 10.8 Å². The standard InChI is InChI=1S/C51H43N3/c1-49(2)40-30-37(34-27-28-46-38(29-34)36-22-12-15-25-45(36)54(46)44-26-16-20-32-17-10-11-21-35(32)44)39(31-41(40)50(3,4)51(49,5)6)48-47(33-18-8-7-9-19-33)52-42-23-13-14-24-43(42)53-48/h7-31H,1-6H3. The number of hydrogen-bond acceptors (Lipinski definition) is 2. The fraction of sp³-hybridized carbons (Fsp3) is 0.176. The molecule has 10 rings (SSSR count). The Morgan fingerprint density at radius 2 is 1.00 bits per heavy atom. The quantitative estimate of drug-likeness (QED) is 0.183. The molecule has 0 unspecified atom stereocenters. The number of rotatable bonds is 4. The van der Waals surface area contributed by atoms with Crippen molar-refractivity contribution in [3.63, 3.8) is 0 Å². The van der Waals surface area contributed by atoms with Gasteiger partial charge in [-0.25, -0.2) is 9.97 Å². The van der Waals surface area contributed by atoms with Gasteiger partial charge in [-0.1, -0.05) is 145 Å². The Morgan fingerprint density at radius 1 is 0.426 bits per heavy atom. The van der Waals surface area contributed by atoms with E-state index in [1.807, 2.05) is 6.07 Å². The third-order valence-electron chi connectivity index (χ3n) is 13.5. The third-order valence-corrected chi connectivity index (χ3v) is 13.5. The lowest BCUT2D eigenvalue weighted by Gasteiger charge is -2.44. The molecule has 1 aliphatic rings. The molecule has 0 aliphatic heterocycles. The van der Waals surface area contributed by atoms with Crippen molar-refractivity contribution in [2.24, 2.45) is 5.41 Å². The van der Waals surface area contributed by atoms with Gasteiger partial charge in [0.25, 0.3) is 0 Å². The van der Waals surface area contributed by atoms with Crippen LogP contribution in [0.5, 0.6) is 0 Å². The van der Waals surface area contributed by atoms with Crippen LogP contribution in [0.15, 0.2) is 152 Å². The summed E-state index contributed by atoms with van der Waals surface area (Å²) in [6.07, 6.45) is 0. The summed E-state index contributed by atoms with van der Waals surface area (Å²) in [4.78, 5) is 10.8. The van der Waals surface area contributed by atoms with Gasteiger partial charge in [0.15, 0.2) is 0 Å². The van der Waals surface area contributed by atoms with Crippen molar-refractivity contribution in [1.82, 2.24) is 14.5 Å². The molecule has 0 N–H and O–H groups in total. The van der Waals surface area contributed by atoms with E-state index in [2.05, 4.69) is 192 Å². The van der Waals surface area contributed by atoms with Crippen LogP contribution < -0.4 is 0 Å². The van der Waals surface area contributed by atoms with E-state index in [4.69, 9.17) is 9.97 Å². The fourth-order valence-electron chi connectivity index (χ4n) is 9.31. The predicted octanol–water partition coefficient (Wildman–Crippen LogP) is 13.5. The summed E-state index contributed by atoms with van der Waals surface area (Å²) in [6, 6.07) is 55.0. The third kappa shape index (κ3) is 4.48. The lowest BCUT2D eigenvalue weighted by atomic mass is 9.59. The largest absolute Gasteiger partial charge is 0.309 e. The Kier molecular flexibility index (Phi) is 6.92. The second-order valence-corrected chi connectivity index (χ2v) is 16.7. The number of benzene rings is 7. The Balaban J connectivity index is 1.30. The molecule has 2 aromatic heterocycles. The zero-order chi connectivity index (χ0) is 37.0. The molecule has 1 aliphatic carbocycles. The maximum atomic E-state index is 5.47. The molecule has 7 aromatic carbocycles.